The monoisotopic (exact) mass is 319 g/mol. The predicted octanol–water partition coefficient (Wildman–Crippen LogP) is 2.32. The number of nitrogens with one attached hydrogen (secondary N) is 1. The Morgan fingerprint density at radius 1 is 1.17 bits per heavy atom. The van der Waals surface area contributed by atoms with E-state index in [1.165, 1.54) is 0 Å². The number of nitrogen functional groups attached to an aromatic ring is 1. The smallest absolute Gasteiger partial charge is 0.150 e. The van der Waals surface area contributed by atoms with Crippen LogP contribution in [-0.4, -0.2) is 24.1 Å². The van der Waals surface area contributed by atoms with E-state index in [0.717, 1.165) is 22.5 Å². The molecule has 7 nitrogen and oxygen atoms in total. The second-order valence-electron chi connectivity index (χ2n) is 5.62. The van der Waals surface area contributed by atoms with Crippen LogP contribution in [0.5, 0.6) is 0 Å². The van der Waals surface area contributed by atoms with Crippen molar-refractivity contribution in [2.75, 3.05) is 11.1 Å². The Bertz CT molecular complexity index is 999. The first kappa shape index (κ1) is 14.3. The second-order valence-corrected chi connectivity index (χ2v) is 5.62. The van der Waals surface area contributed by atoms with Crippen LogP contribution < -0.4 is 11.1 Å². The molecule has 0 saturated carbocycles. The van der Waals surface area contributed by atoms with Gasteiger partial charge in [0.2, 0.25) is 0 Å². The lowest BCUT2D eigenvalue weighted by Crippen LogP contribution is -2.05. The summed E-state index contributed by atoms with van der Waals surface area (Å²) >= 11 is 0. The quantitative estimate of drug-likeness (QED) is 0.603. The van der Waals surface area contributed by atoms with Crippen molar-refractivity contribution in [2.24, 2.45) is 7.05 Å². The Morgan fingerprint density at radius 3 is 2.92 bits per heavy atom. The van der Waals surface area contributed by atoms with E-state index in [9.17, 15) is 0 Å². The molecule has 0 radical (unpaired) electrons. The number of anilines is 2. The summed E-state index contributed by atoms with van der Waals surface area (Å²) in [6.07, 6.45) is 9.46. The number of rotatable bonds is 4. The molecule has 4 rings (SSSR count). The Balaban J connectivity index is 1.57. The third kappa shape index (κ3) is 2.67. The molecule has 0 aliphatic heterocycles. The fourth-order valence-electron chi connectivity index (χ4n) is 2.58. The summed E-state index contributed by atoms with van der Waals surface area (Å²) in [6, 6.07) is 7.78. The molecule has 120 valence electrons. The zero-order chi connectivity index (χ0) is 16.5. The van der Waals surface area contributed by atoms with Crippen LogP contribution in [0.15, 0.2) is 55.2 Å². The molecular formula is C17H17N7. The standard InChI is InChI=1S/C17H17N7/c1-23-11-13(9-21-23)15-4-3-14(18)17(22-15)20-8-12-2-5-16-19-6-7-24(16)10-12/h2-7,9-11H,8,18H2,1H3,(H,20,22). The van der Waals surface area contributed by atoms with Crippen molar-refractivity contribution in [1.82, 2.24) is 24.1 Å². The number of imidazole rings is 1. The van der Waals surface area contributed by atoms with E-state index in [-0.39, 0.29) is 0 Å². The van der Waals surface area contributed by atoms with Gasteiger partial charge < -0.3 is 15.5 Å². The summed E-state index contributed by atoms with van der Waals surface area (Å²) in [7, 11) is 1.88. The third-order valence-corrected chi connectivity index (χ3v) is 3.84. The Morgan fingerprint density at radius 2 is 2.08 bits per heavy atom. The molecule has 0 bridgehead atoms. The molecule has 0 unspecified atom stereocenters. The molecular weight excluding hydrogens is 302 g/mol. The lowest BCUT2D eigenvalue weighted by molar-refractivity contribution is 0.768. The SMILES string of the molecule is Cn1cc(-c2ccc(N)c(NCc3ccc4nccn4c3)n2)cn1. The normalized spacial score (nSPS) is 11.0. The van der Waals surface area contributed by atoms with Crippen molar-refractivity contribution >= 4 is 17.2 Å². The number of nitrogens with two attached hydrogens (primary N) is 1. The highest BCUT2D eigenvalue weighted by molar-refractivity contribution is 5.68. The van der Waals surface area contributed by atoms with Gasteiger partial charge in [-0.15, -0.1) is 0 Å². The maximum absolute atomic E-state index is 6.05. The number of aryl methyl sites for hydroxylation is 1. The zero-order valence-electron chi connectivity index (χ0n) is 13.2. The number of hydrogen-bond acceptors (Lipinski definition) is 5. The predicted molar refractivity (Wildman–Crippen MR) is 93.4 cm³/mol. The van der Waals surface area contributed by atoms with Gasteiger partial charge in [-0.25, -0.2) is 9.97 Å². The lowest BCUT2D eigenvalue weighted by atomic mass is 10.2. The number of hydrogen-bond donors (Lipinski definition) is 2. The largest absolute Gasteiger partial charge is 0.396 e. The average Bonchev–Trinajstić information content (AvgIpc) is 3.22. The van der Waals surface area contributed by atoms with E-state index in [4.69, 9.17) is 5.73 Å². The average molecular weight is 319 g/mol. The highest BCUT2D eigenvalue weighted by Crippen LogP contribution is 2.23. The van der Waals surface area contributed by atoms with Crippen molar-refractivity contribution in [2.45, 2.75) is 6.54 Å². The molecule has 7 heteroatoms. The summed E-state index contributed by atoms with van der Waals surface area (Å²) in [6.45, 7) is 0.627. The first-order chi connectivity index (χ1) is 11.7. The van der Waals surface area contributed by atoms with Crippen LogP contribution in [0.1, 0.15) is 5.56 Å². The van der Waals surface area contributed by atoms with Gasteiger partial charge in [-0.05, 0) is 23.8 Å². The summed E-state index contributed by atoms with van der Waals surface area (Å²) in [5.74, 6) is 0.669. The van der Waals surface area contributed by atoms with Gasteiger partial charge in [0.1, 0.15) is 11.5 Å². The van der Waals surface area contributed by atoms with Gasteiger partial charge in [0.25, 0.3) is 0 Å². The molecule has 4 heterocycles. The van der Waals surface area contributed by atoms with Gasteiger partial charge in [0.15, 0.2) is 0 Å². The van der Waals surface area contributed by atoms with Gasteiger partial charge in [-0.2, -0.15) is 5.10 Å². The van der Waals surface area contributed by atoms with Gasteiger partial charge in [-0.3, -0.25) is 4.68 Å². The molecule has 0 fully saturated rings. The van der Waals surface area contributed by atoms with Gasteiger partial charge >= 0.3 is 0 Å². The Kier molecular flexibility index (Phi) is 3.38. The van der Waals surface area contributed by atoms with E-state index < -0.39 is 0 Å². The summed E-state index contributed by atoms with van der Waals surface area (Å²) in [4.78, 5) is 8.86. The van der Waals surface area contributed by atoms with E-state index in [2.05, 4.69) is 20.4 Å². The molecule has 0 atom stereocenters. The summed E-state index contributed by atoms with van der Waals surface area (Å²) in [5, 5.41) is 7.48. The molecule has 0 amide bonds. The van der Waals surface area contributed by atoms with Crippen LogP contribution in [0.4, 0.5) is 11.5 Å². The maximum atomic E-state index is 6.05. The molecule has 0 aromatic carbocycles. The van der Waals surface area contributed by atoms with Gasteiger partial charge in [0.05, 0.1) is 17.6 Å². The van der Waals surface area contributed by atoms with Crippen LogP contribution in [0.3, 0.4) is 0 Å². The van der Waals surface area contributed by atoms with Crippen LogP contribution in [0.25, 0.3) is 16.9 Å². The minimum Gasteiger partial charge on any atom is -0.396 e. The van der Waals surface area contributed by atoms with Crippen molar-refractivity contribution in [3.05, 3.63) is 60.8 Å². The molecule has 0 aliphatic rings. The van der Waals surface area contributed by atoms with Crippen molar-refractivity contribution in [3.63, 3.8) is 0 Å². The second kappa shape index (κ2) is 5.69. The van der Waals surface area contributed by atoms with Gasteiger partial charge in [-0.1, -0.05) is 6.07 Å². The van der Waals surface area contributed by atoms with E-state index in [1.54, 1.807) is 17.1 Å². The number of aromatic nitrogens is 5. The number of nitrogens with zero attached hydrogens (tertiary/aromatic N) is 5. The first-order valence-electron chi connectivity index (χ1n) is 7.60. The van der Waals surface area contributed by atoms with Crippen LogP contribution >= 0.6 is 0 Å². The van der Waals surface area contributed by atoms with Crippen molar-refractivity contribution in [3.8, 4) is 11.3 Å². The summed E-state index contributed by atoms with van der Waals surface area (Å²) in [5.41, 5.74) is 10.5. The van der Waals surface area contributed by atoms with Crippen LogP contribution in [0.2, 0.25) is 0 Å². The number of pyridine rings is 2. The zero-order valence-corrected chi connectivity index (χ0v) is 13.2. The minimum absolute atomic E-state index is 0.617. The molecule has 3 N–H and O–H groups in total. The maximum Gasteiger partial charge on any atom is 0.150 e. The van der Waals surface area contributed by atoms with Crippen LogP contribution in [0, 0.1) is 0 Å². The van der Waals surface area contributed by atoms with Gasteiger partial charge in [0, 0.05) is 43.9 Å². The lowest BCUT2D eigenvalue weighted by Gasteiger charge is -2.10. The van der Waals surface area contributed by atoms with Crippen molar-refractivity contribution in [1.29, 1.82) is 0 Å². The molecule has 0 aliphatic carbocycles. The topological polar surface area (TPSA) is 86.1 Å². The molecule has 24 heavy (non-hydrogen) atoms. The third-order valence-electron chi connectivity index (χ3n) is 3.84. The number of fused-ring (bicyclic) bond motifs is 1. The molecule has 0 spiro atoms. The fourth-order valence-corrected chi connectivity index (χ4v) is 2.58. The van der Waals surface area contributed by atoms with E-state index in [0.29, 0.717) is 18.1 Å². The Hall–Kier alpha value is -3.35. The van der Waals surface area contributed by atoms with Crippen molar-refractivity contribution < 1.29 is 0 Å². The highest BCUT2D eigenvalue weighted by atomic mass is 15.2. The fraction of sp³-hybridized carbons (Fsp3) is 0.118. The highest BCUT2D eigenvalue weighted by Gasteiger charge is 2.07. The van der Waals surface area contributed by atoms with E-state index >= 15 is 0 Å². The Labute approximate surface area is 138 Å². The summed E-state index contributed by atoms with van der Waals surface area (Å²) < 4.78 is 3.74. The molecule has 0 saturated heterocycles. The molecule has 4 aromatic heterocycles. The van der Waals surface area contributed by atoms with Crippen LogP contribution in [-0.2, 0) is 13.6 Å². The molecule has 4 aromatic rings. The first-order valence-corrected chi connectivity index (χ1v) is 7.60. The minimum atomic E-state index is 0.617. The van der Waals surface area contributed by atoms with E-state index in [1.807, 2.05) is 54.3 Å².